The van der Waals surface area contributed by atoms with Crippen molar-refractivity contribution in [1.29, 1.82) is 0 Å². The summed E-state index contributed by atoms with van der Waals surface area (Å²) >= 11 is 0. The van der Waals surface area contributed by atoms with Gasteiger partial charge in [-0.15, -0.1) is 24.0 Å². The number of aliphatic imine (C=N–C) groups is 1. The molecule has 1 aliphatic heterocycles. The van der Waals surface area contributed by atoms with Gasteiger partial charge in [-0.3, -0.25) is 4.99 Å². The molecule has 0 radical (unpaired) electrons. The van der Waals surface area contributed by atoms with Crippen LogP contribution in [0.15, 0.2) is 4.99 Å². The van der Waals surface area contributed by atoms with Crippen LogP contribution in [0.4, 0.5) is 0 Å². The van der Waals surface area contributed by atoms with Crippen LogP contribution in [-0.4, -0.2) is 58.2 Å². The van der Waals surface area contributed by atoms with E-state index in [1.807, 2.05) is 0 Å². The molecule has 2 rings (SSSR count). The molecule has 6 nitrogen and oxygen atoms in total. The van der Waals surface area contributed by atoms with E-state index in [1.165, 1.54) is 32.1 Å². The van der Waals surface area contributed by atoms with Crippen molar-refractivity contribution >= 4 is 39.8 Å². The highest BCUT2D eigenvalue weighted by Gasteiger charge is 2.28. The SMILES string of the molecule is CN=C(NCCCOC1CCCCC1)NC1CCS(=O)(=O)C1.I. The van der Waals surface area contributed by atoms with Crippen LogP contribution in [-0.2, 0) is 14.6 Å². The first-order valence-electron chi connectivity index (χ1n) is 8.38. The van der Waals surface area contributed by atoms with Crippen LogP contribution in [0.25, 0.3) is 0 Å². The second-order valence-corrected chi connectivity index (χ2v) is 8.46. The van der Waals surface area contributed by atoms with Crippen LogP contribution in [0.5, 0.6) is 0 Å². The zero-order valence-electron chi connectivity index (χ0n) is 13.9. The van der Waals surface area contributed by atoms with E-state index in [-0.39, 0.29) is 41.5 Å². The second-order valence-electron chi connectivity index (χ2n) is 6.23. The van der Waals surface area contributed by atoms with Crippen molar-refractivity contribution in [3.8, 4) is 0 Å². The lowest BCUT2D eigenvalue weighted by molar-refractivity contribution is 0.0277. The molecule has 0 aromatic heterocycles. The van der Waals surface area contributed by atoms with Gasteiger partial charge in [0.15, 0.2) is 15.8 Å². The summed E-state index contributed by atoms with van der Waals surface area (Å²) in [5.41, 5.74) is 0. The lowest BCUT2D eigenvalue weighted by Gasteiger charge is -2.22. The lowest BCUT2D eigenvalue weighted by Crippen LogP contribution is -2.44. The Hall–Kier alpha value is -0.0900. The summed E-state index contributed by atoms with van der Waals surface area (Å²) in [6.07, 6.45) is 8.39. The Labute approximate surface area is 157 Å². The van der Waals surface area contributed by atoms with Gasteiger partial charge in [0.2, 0.25) is 0 Å². The third kappa shape index (κ3) is 8.02. The molecule has 1 saturated heterocycles. The molecule has 2 aliphatic rings. The second kappa shape index (κ2) is 10.7. The largest absolute Gasteiger partial charge is 0.378 e. The van der Waals surface area contributed by atoms with E-state index in [1.54, 1.807) is 7.05 Å². The third-order valence-corrected chi connectivity index (χ3v) is 6.08. The average Bonchev–Trinajstić information content (AvgIpc) is 2.85. The Balaban J connectivity index is 0.00000264. The first-order chi connectivity index (χ1) is 10.6. The highest BCUT2D eigenvalue weighted by atomic mass is 127. The van der Waals surface area contributed by atoms with Crippen LogP contribution in [0.2, 0.25) is 0 Å². The Kier molecular flexibility index (Phi) is 9.76. The molecule has 23 heavy (non-hydrogen) atoms. The number of halogens is 1. The molecule has 0 amide bonds. The van der Waals surface area contributed by atoms with Crippen LogP contribution in [0, 0.1) is 0 Å². The third-order valence-electron chi connectivity index (χ3n) is 4.32. The first kappa shape index (κ1) is 21.0. The number of hydrogen-bond acceptors (Lipinski definition) is 4. The van der Waals surface area contributed by atoms with Crippen LogP contribution < -0.4 is 10.6 Å². The predicted octanol–water partition coefficient (Wildman–Crippen LogP) is 1.70. The van der Waals surface area contributed by atoms with Gasteiger partial charge in [0.05, 0.1) is 17.6 Å². The summed E-state index contributed by atoms with van der Waals surface area (Å²) < 4.78 is 28.8. The number of nitrogens with one attached hydrogen (secondary N) is 2. The molecule has 1 unspecified atom stereocenters. The molecule has 1 atom stereocenters. The topological polar surface area (TPSA) is 79.8 Å². The van der Waals surface area contributed by atoms with E-state index in [4.69, 9.17) is 4.74 Å². The first-order valence-corrected chi connectivity index (χ1v) is 10.2. The van der Waals surface area contributed by atoms with Gasteiger partial charge in [-0.25, -0.2) is 8.42 Å². The molecule has 2 fully saturated rings. The molecule has 0 aromatic rings. The molecule has 2 N–H and O–H groups in total. The van der Waals surface area contributed by atoms with Crippen LogP contribution >= 0.6 is 24.0 Å². The Bertz CT molecular complexity index is 465. The van der Waals surface area contributed by atoms with Gasteiger partial charge in [-0.05, 0) is 25.7 Å². The predicted molar refractivity (Wildman–Crippen MR) is 104 cm³/mol. The number of nitrogens with zero attached hydrogens (tertiary/aromatic N) is 1. The van der Waals surface area contributed by atoms with Gasteiger partial charge in [0.1, 0.15) is 0 Å². The van der Waals surface area contributed by atoms with Crippen molar-refractivity contribution in [2.45, 2.75) is 57.1 Å². The zero-order chi connectivity index (χ0) is 15.8. The van der Waals surface area contributed by atoms with Crippen molar-refractivity contribution in [3.63, 3.8) is 0 Å². The van der Waals surface area contributed by atoms with Crippen molar-refractivity contribution < 1.29 is 13.2 Å². The number of sulfone groups is 1. The van der Waals surface area contributed by atoms with Crippen molar-refractivity contribution in [3.05, 3.63) is 0 Å². The zero-order valence-corrected chi connectivity index (χ0v) is 17.1. The number of guanidine groups is 1. The van der Waals surface area contributed by atoms with Gasteiger partial charge in [0.25, 0.3) is 0 Å². The number of ether oxygens (including phenoxy) is 1. The van der Waals surface area contributed by atoms with Gasteiger partial charge in [-0.1, -0.05) is 19.3 Å². The fraction of sp³-hybridized carbons (Fsp3) is 0.933. The quantitative estimate of drug-likeness (QED) is 0.274. The molecule has 1 aliphatic carbocycles. The summed E-state index contributed by atoms with van der Waals surface area (Å²) in [6.45, 7) is 1.55. The van der Waals surface area contributed by atoms with E-state index in [2.05, 4.69) is 15.6 Å². The Morgan fingerprint density at radius 3 is 2.57 bits per heavy atom. The van der Waals surface area contributed by atoms with Crippen molar-refractivity contribution in [1.82, 2.24) is 10.6 Å². The summed E-state index contributed by atoms with van der Waals surface area (Å²) in [5.74, 6) is 1.16. The normalized spacial score (nSPS) is 24.9. The molecule has 1 saturated carbocycles. The summed E-state index contributed by atoms with van der Waals surface area (Å²) in [6, 6.07) is -0.0188. The fourth-order valence-electron chi connectivity index (χ4n) is 3.06. The highest BCUT2D eigenvalue weighted by Crippen LogP contribution is 2.20. The van der Waals surface area contributed by atoms with Crippen LogP contribution in [0.1, 0.15) is 44.9 Å². The van der Waals surface area contributed by atoms with Crippen molar-refractivity contribution in [2.24, 2.45) is 4.99 Å². The van der Waals surface area contributed by atoms with E-state index in [0.29, 0.717) is 18.5 Å². The number of hydrogen-bond donors (Lipinski definition) is 2. The van der Waals surface area contributed by atoms with Crippen molar-refractivity contribution in [2.75, 3.05) is 31.7 Å². The minimum absolute atomic E-state index is 0. The maximum absolute atomic E-state index is 11.4. The number of rotatable bonds is 6. The Morgan fingerprint density at radius 1 is 1.22 bits per heavy atom. The molecule has 8 heteroatoms. The minimum Gasteiger partial charge on any atom is -0.378 e. The molecule has 0 aromatic carbocycles. The van der Waals surface area contributed by atoms with E-state index in [9.17, 15) is 8.42 Å². The Morgan fingerprint density at radius 2 is 1.96 bits per heavy atom. The molecular weight excluding hydrogens is 429 g/mol. The molecular formula is C15H30IN3O3S. The van der Waals surface area contributed by atoms with E-state index >= 15 is 0 Å². The summed E-state index contributed by atoms with van der Waals surface area (Å²) in [7, 11) is -1.15. The highest BCUT2D eigenvalue weighted by molar-refractivity contribution is 14.0. The molecule has 1 heterocycles. The van der Waals surface area contributed by atoms with Gasteiger partial charge >= 0.3 is 0 Å². The average molecular weight is 459 g/mol. The summed E-state index contributed by atoms with van der Waals surface area (Å²) in [5, 5.41) is 6.41. The van der Waals surface area contributed by atoms with E-state index in [0.717, 1.165) is 19.6 Å². The molecule has 0 bridgehead atoms. The van der Waals surface area contributed by atoms with Gasteiger partial charge in [-0.2, -0.15) is 0 Å². The lowest BCUT2D eigenvalue weighted by atomic mass is 9.98. The maximum Gasteiger partial charge on any atom is 0.191 e. The molecule has 136 valence electrons. The standard InChI is InChI=1S/C15H29N3O3S.HI/c1-16-15(18-13-8-11-22(19,20)12-13)17-9-5-10-21-14-6-3-2-4-7-14;/h13-14H,2-12H2,1H3,(H2,16,17,18);1H. The summed E-state index contributed by atoms with van der Waals surface area (Å²) in [4.78, 5) is 4.15. The fourth-order valence-corrected chi connectivity index (χ4v) is 4.73. The molecule has 0 spiro atoms. The van der Waals surface area contributed by atoms with Gasteiger partial charge < -0.3 is 15.4 Å². The monoisotopic (exact) mass is 459 g/mol. The maximum atomic E-state index is 11.4. The van der Waals surface area contributed by atoms with E-state index < -0.39 is 9.84 Å². The smallest absolute Gasteiger partial charge is 0.191 e. The minimum atomic E-state index is -2.86. The van der Waals surface area contributed by atoms with Gasteiger partial charge in [0, 0.05) is 26.2 Å². The van der Waals surface area contributed by atoms with Crippen LogP contribution in [0.3, 0.4) is 0 Å².